The number of carbonyl (C=O) groups is 3. The van der Waals surface area contributed by atoms with Crippen molar-refractivity contribution in [3.63, 3.8) is 0 Å². The van der Waals surface area contributed by atoms with E-state index in [9.17, 15) is 19.5 Å². The molecule has 3 aromatic rings. The van der Waals surface area contributed by atoms with Gasteiger partial charge in [-0.1, -0.05) is 29.8 Å². The minimum absolute atomic E-state index is 0.0316. The average molecular weight is 832 g/mol. The fraction of sp³-hybridized carbons (Fsp3) is 0.532. The molecule has 0 aromatic heterocycles. The number of amidine groups is 1. The number of aliphatic imine (C=N–C) groups is 1. The fourth-order valence-corrected chi connectivity index (χ4v) is 12.3. The van der Waals surface area contributed by atoms with Crippen LogP contribution in [0.4, 0.5) is 17.1 Å². The van der Waals surface area contributed by atoms with E-state index in [1.807, 2.05) is 24.3 Å². The molecule has 7 heterocycles. The lowest BCUT2D eigenvalue weighted by Gasteiger charge is -2.44. The second-order valence-electron chi connectivity index (χ2n) is 19.1. The number of aliphatic hydroxyl groups excluding tert-OH is 1. The highest BCUT2D eigenvalue weighted by Gasteiger charge is 2.49. The maximum Gasteiger partial charge on any atom is 0.255 e. The lowest BCUT2D eigenvalue weighted by atomic mass is 9.73. The van der Waals surface area contributed by atoms with Crippen LogP contribution in [0.2, 0.25) is 5.02 Å². The first kappa shape index (κ1) is 38.4. The SMILES string of the molecule is CC1(C)C2=NC(O)c3c(Cl)cccc3N2c2cc(N3CCN(C4CCC(CN5CCC6(CC5)COc5c6ccc6c5CN([C@H]5CCC(=O)NC5=O)C6=O)CC4)CC3)ccc21. The monoisotopic (exact) mass is 831 g/mol. The smallest absolute Gasteiger partial charge is 0.255 e. The first-order valence-corrected chi connectivity index (χ1v) is 22.5. The molecule has 3 aromatic carbocycles. The Hall–Kier alpha value is -4.49. The van der Waals surface area contributed by atoms with Crippen molar-refractivity contribution in [2.75, 3.05) is 62.2 Å². The normalized spacial score (nSPS) is 28.2. The Morgan fingerprint density at radius 1 is 0.900 bits per heavy atom. The quantitative estimate of drug-likeness (QED) is 0.297. The third kappa shape index (κ3) is 6.02. The molecule has 1 spiro atoms. The second-order valence-corrected chi connectivity index (χ2v) is 19.5. The van der Waals surface area contributed by atoms with E-state index >= 15 is 0 Å². The predicted octanol–water partition coefficient (Wildman–Crippen LogP) is 6.04. The number of hydrogen-bond donors (Lipinski definition) is 2. The topological polar surface area (TPSA) is 121 Å². The van der Waals surface area contributed by atoms with Crippen molar-refractivity contribution < 1.29 is 24.2 Å². The summed E-state index contributed by atoms with van der Waals surface area (Å²) in [6.45, 7) is 12.8. The summed E-state index contributed by atoms with van der Waals surface area (Å²) in [5.74, 6) is 1.64. The average Bonchev–Trinajstić information content (AvgIpc) is 3.85. The number of ether oxygens (including phenoxy) is 1. The van der Waals surface area contributed by atoms with Crippen molar-refractivity contribution >= 4 is 52.2 Å². The molecule has 2 atom stereocenters. The van der Waals surface area contributed by atoms with E-state index in [0.29, 0.717) is 41.8 Å². The first-order chi connectivity index (χ1) is 29.0. The Morgan fingerprint density at radius 2 is 1.67 bits per heavy atom. The van der Waals surface area contributed by atoms with Gasteiger partial charge < -0.3 is 24.5 Å². The molecule has 0 radical (unpaired) electrons. The maximum atomic E-state index is 13.4. The summed E-state index contributed by atoms with van der Waals surface area (Å²) in [7, 11) is 0. The van der Waals surface area contributed by atoms with Crippen LogP contribution in [0.15, 0.2) is 53.5 Å². The molecular formula is C47H54ClN7O5. The number of piperidine rings is 2. The lowest BCUT2D eigenvalue weighted by molar-refractivity contribution is -0.136. The van der Waals surface area contributed by atoms with Crippen LogP contribution in [0, 0.1) is 5.92 Å². The number of piperazine rings is 1. The third-order valence-electron chi connectivity index (χ3n) is 15.5. The fourth-order valence-electron chi connectivity index (χ4n) is 12.0. The molecule has 7 aliphatic heterocycles. The van der Waals surface area contributed by atoms with E-state index in [1.54, 1.807) is 4.90 Å². The highest BCUT2D eigenvalue weighted by molar-refractivity contribution is 6.32. The minimum Gasteiger partial charge on any atom is -0.492 e. The van der Waals surface area contributed by atoms with Crippen LogP contribution in [0.1, 0.15) is 104 Å². The number of nitrogens with one attached hydrogen (secondary N) is 1. The standard InChI is InChI=1S/C47H54ClN7O5/c1-46(2)33-12-10-30(24-38(33)55-36-5-3-4-35(48)40(36)43(58)50-45(46)55)53-22-20-52(21-23-53)29-8-6-28(7-9-29)25-51-18-16-47(17-19-51)27-60-41-32-26-54(37-14-15-39(56)49-42(37)57)44(59)31(32)11-13-34(41)47/h3-5,10-13,24,28-29,37,43,58H,6-9,14-23,25-27H2,1-2H3,(H,49,56,57)/t28?,29?,37-,43?/m0/s1. The number of nitrogens with zero attached hydrogens (tertiary/aromatic N) is 6. The molecule has 60 heavy (non-hydrogen) atoms. The van der Waals surface area contributed by atoms with Crippen molar-refractivity contribution in [3.05, 3.63) is 81.4 Å². The van der Waals surface area contributed by atoms with Gasteiger partial charge in [0.1, 0.15) is 17.6 Å². The number of imide groups is 1. The maximum absolute atomic E-state index is 13.4. The zero-order chi connectivity index (χ0) is 41.1. The van der Waals surface area contributed by atoms with Crippen LogP contribution in [0.5, 0.6) is 5.75 Å². The number of fused-ring (bicyclic) bond motifs is 9. The van der Waals surface area contributed by atoms with Crippen LogP contribution in [0.3, 0.4) is 0 Å². The Balaban J connectivity index is 0.676. The van der Waals surface area contributed by atoms with Crippen molar-refractivity contribution in [2.45, 2.75) is 101 Å². The zero-order valence-electron chi connectivity index (χ0n) is 34.6. The van der Waals surface area contributed by atoms with Crippen molar-refractivity contribution in [1.82, 2.24) is 20.0 Å². The molecule has 11 rings (SSSR count). The first-order valence-electron chi connectivity index (χ1n) is 22.1. The Kier molecular flexibility index (Phi) is 9.15. The Morgan fingerprint density at radius 3 is 2.43 bits per heavy atom. The third-order valence-corrected chi connectivity index (χ3v) is 15.8. The number of hydrogen-bond acceptors (Lipinski definition) is 10. The number of aliphatic hydroxyl groups is 1. The predicted molar refractivity (Wildman–Crippen MR) is 230 cm³/mol. The molecule has 0 bridgehead atoms. The summed E-state index contributed by atoms with van der Waals surface area (Å²) in [6.07, 6.45) is 6.82. The van der Waals surface area contributed by atoms with Gasteiger partial charge in [-0.25, -0.2) is 4.99 Å². The van der Waals surface area contributed by atoms with Crippen molar-refractivity contribution in [2.24, 2.45) is 10.9 Å². The summed E-state index contributed by atoms with van der Waals surface area (Å²) in [4.78, 5) is 54.3. The van der Waals surface area contributed by atoms with E-state index in [4.69, 9.17) is 21.3 Å². The van der Waals surface area contributed by atoms with Gasteiger partial charge in [-0.2, -0.15) is 0 Å². The molecular weight excluding hydrogens is 778 g/mol. The van der Waals surface area contributed by atoms with Crippen LogP contribution in [-0.4, -0.2) is 108 Å². The summed E-state index contributed by atoms with van der Waals surface area (Å²) in [5, 5.41) is 13.9. The van der Waals surface area contributed by atoms with E-state index in [1.165, 1.54) is 42.5 Å². The van der Waals surface area contributed by atoms with Gasteiger partial charge in [0, 0.05) is 84.0 Å². The number of amides is 3. The molecule has 12 nitrogen and oxygen atoms in total. The van der Waals surface area contributed by atoms with Gasteiger partial charge in [-0.3, -0.25) is 29.5 Å². The van der Waals surface area contributed by atoms with Gasteiger partial charge in [0.2, 0.25) is 11.8 Å². The molecule has 3 saturated heterocycles. The second kappa shape index (κ2) is 14.3. The molecule has 4 fully saturated rings. The van der Waals surface area contributed by atoms with Gasteiger partial charge in [-0.05, 0) is 114 Å². The highest BCUT2D eigenvalue weighted by Crippen LogP contribution is 2.53. The number of likely N-dealkylation sites (tertiary alicyclic amines) is 1. The molecule has 1 unspecified atom stereocenters. The number of anilines is 3. The molecule has 8 aliphatic rings. The number of benzene rings is 3. The number of halogens is 1. The van der Waals surface area contributed by atoms with E-state index < -0.39 is 12.3 Å². The molecule has 314 valence electrons. The highest BCUT2D eigenvalue weighted by atomic mass is 35.5. The van der Waals surface area contributed by atoms with Crippen LogP contribution < -0.4 is 19.9 Å². The molecule has 13 heteroatoms. The van der Waals surface area contributed by atoms with Gasteiger partial charge in [0.25, 0.3) is 5.91 Å². The number of carbonyl (C=O) groups excluding carboxylic acids is 3. The van der Waals surface area contributed by atoms with Crippen molar-refractivity contribution in [1.29, 1.82) is 0 Å². The molecule has 3 amide bonds. The molecule has 1 aliphatic carbocycles. The summed E-state index contributed by atoms with van der Waals surface area (Å²) in [5.41, 5.74) is 7.53. The van der Waals surface area contributed by atoms with Crippen LogP contribution >= 0.6 is 11.6 Å². The lowest BCUT2D eigenvalue weighted by Crippen LogP contribution is -2.52. The van der Waals surface area contributed by atoms with Gasteiger partial charge in [0.15, 0.2) is 6.23 Å². The van der Waals surface area contributed by atoms with Crippen molar-refractivity contribution in [3.8, 4) is 5.75 Å². The van der Waals surface area contributed by atoms with Crippen LogP contribution in [-0.2, 0) is 27.0 Å². The van der Waals surface area contributed by atoms with E-state index in [0.717, 1.165) is 93.1 Å². The largest absolute Gasteiger partial charge is 0.492 e. The molecule has 2 N–H and O–H groups in total. The van der Waals surface area contributed by atoms with Crippen LogP contribution in [0.25, 0.3) is 0 Å². The minimum atomic E-state index is -0.970. The van der Waals surface area contributed by atoms with Gasteiger partial charge in [0.05, 0.1) is 29.5 Å². The van der Waals surface area contributed by atoms with E-state index in [2.05, 4.69) is 63.0 Å². The Labute approximate surface area is 356 Å². The summed E-state index contributed by atoms with van der Waals surface area (Å²) >= 11 is 6.59. The summed E-state index contributed by atoms with van der Waals surface area (Å²) < 4.78 is 6.43. The zero-order valence-corrected chi connectivity index (χ0v) is 35.3. The van der Waals surface area contributed by atoms with Gasteiger partial charge >= 0.3 is 0 Å². The molecule has 1 saturated carbocycles. The van der Waals surface area contributed by atoms with E-state index in [-0.39, 0.29) is 35.0 Å². The summed E-state index contributed by atoms with van der Waals surface area (Å²) in [6, 6.07) is 16.7. The van der Waals surface area contributed by atoms with Gasteiger partial charge in [-0.15, -0.1) is 0 Å². The Bertz CT molecular complexity index is 2320. The number of rotatable bonds is 5.